The van der Waals surface area contributed by atoms with Crippen LogP contribution >= 0.6 is 0 Å². The van der Waals surface area contributed by atoms with Gasteiger partial charge in [-0.1, -0.05) is 0 Å². The van der Waals surface area contributed by atoms with Gasteiger partial charge in [0.25, 0.3) is 0 Å². The maximum Gasteiger partial charge on any atom is 0.164 e. The smallest absolute Gasteiger partial charge is 0.164 e. The summed E-state index contributed by atoms with van der Waals surface area (Å²) in [6.45, 7) is 0. The topological polar surface area (TPSA) is 66.0 Å². The minimum Gasteiger partial charge on any atom is -0.493 e. The van der Waals surface area contributed by atoms with Gasteiger partial charge in [0.15, 0.2) is 5.75 Å². The number of methoxy groups -OCH3 is 1. The van der Waals surface area contributed by atoms with Crippen molar-refractivity contribution in [2.24, 2.45) is 7.05 Å². The first-order valence-corrected chi connectivity index (χ1v) is 4.50. The first-order chi connectivity index (χ1) is 7.24. The van der Waals surface area contributed by atoms with E-state index in [1.54, 1.807) is 36.4 Å². The third-order valence-corrected chi connectivity index (χ3v) is 2.24. The molecule has 0 fully saturated rings. The molecule has 2 aromatic rings. The molecule has 2 aromatic heterocycles. The molecule has 15 heavy (non-hydrogen) atoms. The van der Waals surface area contributed by atoms with Crippen molar-refractivity contribution >= 4 is 5.69 Å². The van der Waals surface area contributed by atoms with Gasteiger partial charge in [-0.25, -0.2) is 0 Å². The molecule has 0 unspecified atom stereocenters. The van der Waals surface area contributed by atoms with Crippen molar-refractivity contribution in [3.05, 3.63) is 24.7 Å². The number of nitrogens with two attached hydrogens (primary N) is 1. The van der Waals surface area contributed by atoms with Crippen LogP contribution < -0.4 is 10.5 Å². The van der Waals surface area contributed by atoms with Gasteiger partial charge >= 0.3 is 0 Å². The normalized spacial score (nSPS) is 10.3. The van der Waals surface area contributed by atoms with E-state index in [1.807, 2.05) is 7.05 Å². The fourth-order valence-electron chi connectivity index (χ4n) is 1.48. The molecule has 0 saturated carbocycles. The molecule has 5 heteroatoms. The lowest BCUT2D eigenvalue weighted by Crippen LogP contribution is -1.98. The van der Waals surface area contributed by atoms with E-state index in [-0.39, 0.29) is 0 Å². The molecular formula is C10H12N4O. The molecule has 0 amide bonds. The van der Waals surface area contributed by atoms with Gasteiger partial charge in [0.2, 0.25) is 0 Å². The Morgan fingerprint density at radius 2 is 2.20 bits per heavy atom. The van der Waals surface area contributed by atoms with Gasteiger partial charge < -0.3 is 10.5 Å². The number of hydrogen-bond donors (Lipinski definition) is 1. The number of rotatable bonds is 2. The van der Waals surface area contributed by atoms with Crippen molar-refractivity contribution in [3.63, 3.8) is 0 Å². The standard InChI is InChI=1S/C10H12N4O/c1-14-10(9(15-2)6-13-14)7-5-12-4-3-8(7)11/h3-6H,1-2H3,(H2,11,12). The monoisotopic (exact) mass is 204 g/mol. The lowest BCUT2D eigenvalue weighted by Gasteiger charge is -2.07. The molecule has 2 heterocycles. The van der Waals surface area contributed by atoms with Gasteiger partial charge in [0.05, 0.1) is 13.3 Å². The van der Waals surface area contributed by atoms with Crippen LogP contribution in [0.4, 0.5) is 5.69 Å². The predicted octanol–water partition coefficient (Wildman–Crippen LogP) is 1.07. The van der Waals surface area contributed by atoms with Gasteiger partial charge in [-0.05, 0) is 6.07 Å². The van der Waals surface area contributed by atoms with Crippen LogP contribution in [-0.4, -0.2) is 21.9 Å². The molecule has 0 spiro atoms. The van der Waals surface area contributed by atoms with E-state index >= 15 is 0 Å². The van der Waals surface area contributed by atoms with Crippen LogP contribution in [0.3, 0.4) is 0 Å². The number of nitrogens with zero attached hydrogens (tertiary/aromatic N) is 3. The number of nitrogen functional groups attached to an aromatic ring is 1. The lowest BCUT2D eigenvalue weighted by molar-refractivity contribution is 0.416. The van der Waals surface area contributed by atoms with Crippen LogP contribution in [0.15, 0.2) is 24.7 Å². The summed E-state index contributed by atoms with van der Waals surface area (Å²) in [5.41, 5.74) is 8.19. The predicted molar refractivity (Wildman–Crippen MR) is 57.4 cm³/mol. The maximum atomic E-state index is 5.87. The molecular weight excluding hydrogens is 192 g/mol. The number of anilines is 1. The minimum atomic E-state index is 0.659. The van der Waals surface area contributed by atoms with Gasteiger partial charge in [-0.2, -0.15) is 5.10 Å². The van der Waals surface area contributed by atoms with E-state index in [9.17, 15) is 0 Å². The zero-order valence-corrected chi connectivity index (χ0v) is 8.64. The zero-order valence-electron chi connectivity index (χ0n) is 8.64. The first kappa shape index (κ1) is 9.51. The summed E-state index contributed by atoms with van der Waals surface area (Å²) in [4.78, 5) is 4.04. The molecule has 0 aliphatic heterocycles. The molecule has 78 valence electrons. The Bertz CT molecular complexity index is 478. The quantitative estimate of drug-likeness (QED) is 0.794. The lowest BCUT2D eigenvalue weighted by atomic mass is 10.1. The number of aryl methyl sites for hydroxylation is 1. The molecule has 0 aromatic carbocycles. The second-order valence-electron chi connectivity index (χ2n) is 3.15. The fourth-order valence-corrected chi connectivity index (χ4v) is 1.48. The molecule has 0 saturated heterocycles. The average molecular weight is 204 g/mol. The summed E-state index contributed by atoms with van der Waals surface area (Å²) in [5.74, 6) is 0.692. The summed E-state index contributed by atoms with van der Waals surface area (Å²) < 4.78 is 6.92. The van der Waals surface area contributed by atoms with Crippen LogP contribution in [0.2, 0.25) is 0 Å². The molecule has 0 bridgehead atoms. The van der Waals surface area contributed by atoms with E-state index in [4.69, 9.17) is 10.5 Å². The van der Waals surface area contributed by atoms with Crippen molar-refractivity contribution in [2.75, 3.05) is 12.8 Å². The largest absolute Gasteiger partial charge is 0.493 e. The second kappa shape index (κ2) is 3.61. The minimum absolute atomic E-state index is 0.659. The number of hydrogen-bond acceptors (Lipinski definition) is 4. The van der Waals surface area contributed by atoms with Crippen molar-refractivity contribution in [1.82, 2.24) is 14.8 Å². The van der Waals surface area contributed by atoms with Gasteiger partial charge in [-0.3, -0.25) is 9.67 Å². The molecule has 0 aliphatic rings. The second-order valence-corrected chi connectivity index (χ2v) is 3.15. The highest BCUT2D eigenvalue weighted by Crippen LogP contribution is 2.31. The van der Waals surface area contributed by atoms with Gasteiger partial charge in [0.1, 0.15) is 5.69 Å². The molecule has 5 nitrogen and oxygen atoms in total. The zero-order chi connectivity index (χ0) is 10.8. The van der Waals surface area contributed by atoms with E-state index in [0.717, 1.165) is 11.3 Å². The Balaban J connectivity index is 2.63. The summed E-state index contributed by atoms with van der Waals surface area (Å²) in [7, 11) is 3.44. The summed E-state index contributed by atoms with van der Waals surface area (Å²) in [6.07, 6.45) is 5.01. The van der Waals surface area contributed by atoms with Crippen molar-refractivity contribution in [3.8, 4) is 17.0 Å². The first-order valence-electron chi connectivity index (χ1n) is 4.50. The highest BCUT2D eigenvalue weighted by Gasteiger charge is 2.13. The fraction of sp³-hybridized carbons (Fsp3) is 0.200. The number of pyridine rings is 1. The van der Waals surface area contributed by atoms with Crippen LogP contribution in [0.1, 0.15) is 0 Å². The Morgan fingerprint density at radius 3 is 2.87 bits per heavy atom. The highest BCUT2D eigenvalue weighted by molar-refractivity contribution is 5.76. The molecule has 2 rings (SSSR count). The van der Waals surface area contributed by atoms with E-state index < -0.39 is 0 Å². The Kier molecular flexibility index (Phi) is 2.29. The average Bonchev–Trinajstić information content (AvgIpc) is 2.60. The van der Waals surface area contributed by atoms with E-state index in [1.165, 1.54) is 0 Å². The van der Waals surface area contributed by atoms with Gasteiger partial charge in [-0.15, -0.1) is 0 Å². The van der Waals surface area contributed by atoms with E-state index in [0.29, 0.717) is 11.4 Å². The summed E-state index contributed by atoms with van der Waals surface area (Å²) in [6, 6.07) is 1.75. The molecule has 0 aliphatic carbocycles. The van der Waals surface area contributed by atoms with Crippen LogP contribution in [0, 0.1) is 0 Å². The Hall–Kier alpha value is -2.04. The van der Waals surface area contributed by atoms with Gasteiger partial charge in [0, 0.05) is 30.7 Å². The number of ether oxygens (including phenoxy) is 1. The van der Waals surface area contributed by atoms with Crippen molar-refractivity contribution < 1.29 is 4.74 Å². The summed E-state index contributed by atoms with van der Waals surface area (Å²) >= 11 is 0. The molecule has 0 radical (unpaired) electrons. The number of aromatic nitrogens is 3. The third kappa shape index (κ3) is 1.52. The maximum absolute atomic E-state index is 5.87. The van der Waals surface area contributed by atoms with E-state index in [2.05, 4.69) is 10.1 Å². The Labute approximate surface area is 87.5 Å². The molecule has 2 N–H and O–H groups in total. The van der Waals surface area contributed by atoms with Crippen LogP contribution in [-0.2, 0) is 7.05 Å². The summed E-state index contributed by atoms with van der Waals surface area (Å²) in [5, 5.41) is 4.11. The van der Waals surface area contributed by atoms with Crippen molar-refractivity contribution in [1.29, 1.82) is 0 Å². The van der Waals surface area contributed by atoms with Crippen LogP contribution in [0.5, 0.6) is 5.75 Å². The highest BCUT2D eigenvalue weighted by atomic mass is 16.5. The molecule has 0 atom stereocenters. The van der Waals surface area contributed by atoms with Crippen LogP contribution in [0.25, 0.3) is 11.3 Å². The Morgan fingerprint density at radius 1 is 1.40 bits per heavy atom. The van der Waals surface area contributed by atoms with Crippen molar-refractivity contribution in [2.45, 2.75) is 0 Å². The third-order valence-electron chi connectivity index (χ3n) is 2.24. The SMILES string of the molecule is COc1cnn(C)c1-c1cnccc1N.